The van der Waals surface area contributed by atoms with E-state index in [1.807, 2.05) is 19.1 Å². The standard InChI is InChI=1S/C13H18O/c1-9(2)11-5-7-12(8-6-11)13(14)10(3)4/h5-9,13-14H,3H2,1-2,4H3. The molecule has 0 spiro atoms. The maximum atomic E-state index is 9.73. The van der Waals surface area contributed by atoms with Gasteiger partial charge in [-0.2, -0.15) is 0 Å². The van der Waals surface area contributed by atoms with Crippen LogP contribution in [0.1, 0.15) is 43.9 Å². The predicted octanol–water partition coefficient (Wildman–Crippen LogP) is 3.42. The summed E-state index contributed by atoms with van der Waals surface area (Å²) < 4.78 is 0. The average molecular weight is 190 g/mol. The van der Waals surface area contributed by atoms with Crippen molar-refractivity contribution >= 4 is 0 Å². The molecule has 1 nitrogen and oxygen atoms in total. The molecule has 0 amide bonds. The highest BCUT2D eigenvalue weighted by Crippen LogP contribution is 2.22. The molecule has 1 rings (SSSR count). The van der Waals surface area contributed by atoms with Crippen LogP contribution in [0, 0.1) is 0 Å². The van der Waals surface area contributed by atoms with Gasteiger partial charge in [0.2, 0.25) is 0 Å². The summed E-state index contributed by atoms with van der Waals surface area (Å²) in [4.78, 5) is 0. The van der Waals surface area contributed by atoms with Gasteiger partial charge in [0, 0.05) is 0 Å². The van der Waals surface area contributed by atoms with Gasteiger partial charge in [-0.05, 0) is 29.5 Å². The minimum absolute atomic E-state index is 0.531. The van der Waals surface area contributed by atoms with Crippen molar-refractivity contribution in [2.45, 2.75) is 32.8 Å². The van der Waals surface area contributed by atoms with E-state index in [0.717, 1.165) is 11.1 Å². The smallest absolute Gasteiger partial charge is 0.0995 e. The molecule has 0 aliphatic rings. The van der Waals surface area contributed by atoms with Crippen LogP contribution in [0.4, 0.5) is 0 Å². The second kappa shape index (κ2) is 4.43. The normalized spacial score (nSPS) is 12.9. The van der Waals surface area contributed by atoms with E-state index in [-0.39, 0.29) is 0 Å². The van der Waals surface area contributed by atoms with Crippen molar-refractivity contribution in [3.63, 3.8) is 0 Å². The summed E-state index contributed by atoms with van der Waals surface area (Å²) in [5.41, 5.74) is 2.99. The lowest BCUT2D eigenvalue weighted by atomic mass is 9.98. The fraction of sp³-hybridized carbons (Fsp3) is 0.385. The van der Waals surface area contributed by atoms with Gasteiger partial charge in [-0.3, -0.25) is 0 Å². The van der Waals surface area contributed by atoms with E-state index in [4.69, 9.17) is 0 Å². The van der Waals surface area contributed by atoms with Gasteiger partial charge in [0.1, 0.15) is 0 Å². The van der Waals surface area contributed by atoms with Crippen LogP contribution in [0.3, 0.4) is 0 Å². The van der Waals surface area contributed by atoms with Crippen molar-refractivity contribution in [2.24, 2.45) is 0 Å². The molecule has 1 aromatic rings. The fourth-order valence-corrected chi connectivity index (χ4v) is 1.35. The van der Waals surface area contributed by atoms with Crippen molar-refractivity contribution < 1.29 is 5.11 Å². The predicted molar refractivity (Wildman–Crippen MR) is 60.3 cm³/mol. The Morgan fingerprint density at radius 1 is 1.14 bits per heavy atom. The lowest BCUT2D eigenvalue weighted by Crippen LogP contribution is -1.98. The Bertz CT molecular complexity index is 309. The first kappa shape index (κ1) is 11.0. The van der Waals surface area contributed by atoms with Crippen molar-refractivity contribution in [3.05, 3.63) is 47.5 Å². The van der Waals surface area contributed by atoms with Gasteiger partial charge < -0.3 is 5.11 Å². The molecule has 0 aliphatic carbocycles. The van der Waals surface area contributed by atoms with Crippen molar-refractivity contribution in [1.29, 1.82) is 0 Å². The molecule has 1 atom stereocenters. The molecule has 0 bridgehead atoms. The number of rotatable bonds is 3. The van der Waals surface area contributed by atoms with Gasteiger partial charge in [0.05, 0.1) is 6.10 Å². The van der Waals surface area contributed by atoms with Crippen LogP contribution in [-0.4, -0.2) is 5.11 Å². The van der Waals surface area contributed by atoms with Crippen LogP contribution in [0.5, 0.6) is 0 Å². The van der Waals surface area contributed by atoms with E-state index in [1.165, 1.54) is 5.56 Å². The first-order valence-electron chi connectivity index (χ1n) is 4.95. The van der Waals surface area contributed by atoms with E-state index in [9.17, 15) is 5.11 Å². The van der Waals surface area contributed by atoms with E-state index < -0.39 is 6.10 Å². The molecule has 0 aliphatic heterocycles. The van der Waals surface area contributed by atoms with E-state index >= 15 is 0 Å². The third-order valence-electron chi connectivity index (χ3n) is 2.39. The molecule has 1 N–H and O–H groups in total. The summed E-state index contributed by atoms with van der Waals surface area (Å²) in [5.74, 6) is 0.533. The van der Waals surface area contributed by atoms with E-state index in [2.05, 4.69) is 32.6 Å². The third kappa shape index (κ3) is 2.46. The summed E-state index contributed by atoms with van der Waals surface area (Å²) >= 11 is 0. The second-order valence-corrected chi connectivity index (χ2v) is 4.07. The Kier molecular flexibility index (Phi) is 3.48. The molecule has 1 heteroatoms. The number of aliphatic hydroxyl groups is 1. The Balaban J connectivity index is 2.88. The molecule has 76 valence electrons. The van der Waals surface area contributed by atoms with Crippen molar-refractivity contribution in [3.8, 4) is 0 Å². The fourth-order valence-electron chi connectivity index (χ4n) is 1.35. The molecule has 0 fully saturated rings. The average Bonchev–Trinajstić information content (AvgIpc) is 2.16. The molecular formula is C13H18O. The SMILES string of the molecule is C=C(C)C(O)c1ccc(C(C)C)cc1. The highest BCUT2D eigenvalue weighted by atomic mass is 16.3. The topological polar surface area (TPSA) is 20.2 Å². The molecule has 1 unspecified atom stereocenters. The van der Waals surface area contributed by atoms with Crippen LogP contribution >= 0.6 is 0 Å². The zero-order valence-corrected chi connectivity index (χ0v) is 9.12. The number of aliphatic hydroxyl groups excluding tert-OH is 1. The maximum absolute atomic E-state index is 9.73. The highest BCUT2D eigenvalue weighted by Gasteiger charge is 2.07. The van der Waals surface area contributed by atoms with Crippen LogP contribution < -0.4 is 0 Å². The van der Waals surface area contributed by atoms with Crippen LogP contribution in [0.15, 0.2) is 36.4 Å². The Labute approximate surface area is 86.1 Å². The summed E-state index contributed by atoms with van der Waals surface area (Å²) in [7, 11) is 0. The number of benzene rings is 1. The molecule has 1 aromatic carbocycles. The van der Waals surface area contributed by atoms with Gasteiger partial charge in [0.25, 0.3) is 0 Å². The number of hydrogen-bond acceptors (Lipinski definition) is 1. The minimum Gasteiger partial charge on any atom is -0.384 e. The van der Waals surface area contributed by atoms with Crippen molar-refractivity contribution in [2.75, 3.05) is 0 Å². The first-order valence-corrected chi connectivity index (χ1v) is 4.95. The molecule has 14 heavy (non-hydrogen) atoms. The summed E-state index contributed by atoms with van der Waals surface area (Å²) in [6, 6.07) is 8.06. The maximum Gasteiger partial charge on any atom is 0.0995 e. The molecule has 0 saturated heterocycles. The zero-order chi connectivity index (χ0) is 10.7. The van der Waals surface area contributed by atoms with Gasteiger partial charge >= 0.3 is 0 Å². The highest BCUT2D eigenvalue weighted by molar-refractivity contribution is 5.29. The summed E-state index contributed by atoms with van der Waals surface area (Å²) in [6.45, 7) is 9.89. The number of hydrogen-bond donors (Lipinski definition) is 1. The van der Waals surface area contributed by atoms with E-state index in [0.29, 0.717) is 5.92 Å². The van der Waals surface area contributed by atoms with Gasteiger partial charge in [-0.15, -0.1) is 0 Å². The lowest BCUT2D eigenvalue weighted by Gasteiger charge is -2.12. The second-order valence-electron chi connectivity index (χ2n) is 4.07. The molecular weight excluding hydrogens is 172 g/mol. The van der Waals surface area contributed by atoms with Gasteiger partial charge in [0.15, 0.2) is 0 Å². The first-order chi connectivity index (χ1) is 6.52. The van der Waals surface area contributed by atoms with Crippen molar-refractivity contribution in [1.82, 2.24) is 0 Å². The quantitative estimate of drug-likeness (QED) is 0.724. The monoisotopic (exact) mass is 190 g/mol. The Morgan fingerprint density at radius 3 is 1.93 bits per heavy atom. The van der Waals surface area contributed by atoms with E-state index in [1.54, 1.807) is 0 Å². The Hall–Kier alpha value is -1.08. The Morgan fingerprint density at radius 2 is 1.57 bits per heavy atom. The van der Waals surface area contributed by atoms with Gasteiger partial charge in [-0.25, -0.2) is 0 Å². The third-order valence-corrected chi connectivity index (χ3v) is 2.39. The van der Waals surface area contributed by atoms with Crippen LogP contribution in [0.25, 0.3) is 0 Å². The summed E-state index contributed by atoms with van der Waals surface area (Å²) in [6.07, 6.45) is -0.531. The minimum atomic E-state index is -0.531. The largest absolute Gasteiger partial charge is 0.384 e. The molecule has 0 aromatic heterocycles. The van der Waals surface area contributed by atoms with Crippen LogP contribution in [-0.2, 0) is 0 Å². The van der Waals surface area contributed by atoms with Gasteiger partial charge in [-0.1, -0.05) is 44.7 Å². The summed E-state index contributed by atoms with van der Waals surface area (Å²) in [5, 5.41) is 9.73. The molecule has 0 saturated carbocycles. The van der Waals surface area contributed by atoms with Crippen LogP contribution in [0.2, 0.25) is 0 Å². The molecule has 0 radical (unpaired) electrons. The zero-order valence-electron chi connectivity index (χ0n) is 9.12. The lowest BCUT2D eigenvalue weighted by molar-refractivity contribution is 0.216. The molecule has 0 heterocycles.